The minimum atomic E-state index is 0. The first-order chi connectivity index (χ1) is 16.7. The molecular weight excluding hydrogens is 627 g/mol. The van der Waals surface area contributed by atoms with Crippen molar-refractivity contribution in [1.29, 1.82) is 5.26 Å². The number of pyridine rings is 2. The van der Waals surface area contributed by atoms with Gasteiger partial charge in [0.15, 0.2) is 0 Å². The molecular formula is C30H17IrN3S-2. The average molecular weight is 644 g/mol. The summed E-state index contributed by atoms with van der Waals surface area (Å²) in [7, 11) is 0. The van der Waals surface area contributed by atoms with Crippen LogP contribution in [-0.2, 0) is 20.1 Å². The molecule has 0 spiro atoms. The van der Waals surface area contributed by atoms with Crippen molar-refractivity contribution in [3.63, 3.8) is 0 Å². The van der Waals surface area contributed by atoms with Crippen molar-refractivity contribution in [2.24, 2.45) is 0 Å². The molecule has 0 saturated heterocycles. The summed E-state index contributed by atoms with van der Waals surface area (Å²) in [6.07, 6.45) is 3.61. The molecule has 0 saturated carbocycles. The predicted molar refractivity (Wildman–Crippen MR) is 140 cm³/mol. The summed E-state index contributed by atoms with van der Waals surface area (Å²) in [5.41, 5.74) is 4.95. The Kier molecular flexibility index (Phi) is 6.28. The van der Waals surface area contributed by atoms with Crippen LogP contribution < -0.4 is 0 Å². The SMILES string of the molecule is Cc1ccc[c-]c1-c1ccccn1.N#Cc1cc2sc3cc[c-]c4c5ncccc5c(c1)c2c34.[Ir]. The second kappa shape index (κ2) is 9.52. The molecule has 0 atom stereocenters. The Labute approximate surface area is 220 Å². The first kappa shape index (κ1) is 23.1. The van der Waals surface area contributed by atoms with Crippen LogP contribution in [0.2, 0.25) is 0 Å². The first-order valence-electron chi connectivity index (χ1n) is 10.9. The second-order valence-corrected chi connectivity index (χ2v) is 9.13. The van der Waals surface area contributed by atoms with E-state index in [2.05, 4.69) is 53.3 Å². The molecule has 5 heteroatoms. The van der Waals surface area contributed by atoms with Gasteiger partial charge in [-0.25, -0.2) is 0 Å². The van der Waals surface area contributed by atoms with E-state index in [9.17, 15) is 5.26 Å². The second-order valence-electron chi connectivity index (χ2n) is 8.05. The molecule has 0 N–H and O–H groups in total. The van der Waals surface area contributed by atoms with Gasteiger partial charge < -0.3 is 9.97 Å². The van der Waals surface area contributed by atoms with Crippen molar-refractivity contribution in [3.8, 4) is 17.3 Å². The molecule has 0 bridgehead atoms. The molecule has 0 aliphatic carbocycles. The van der Waals surface area contributed by atoms with Crippen molar-refractivity contribution >= 4 is 53.2 Å². The Bertz CT molecular complexity index is 1830. The third-order valence-electron chi connectivity index (χ3n) is 5.98. The fourth-order valence-corrected chi connectivity index (χ4v) is 5.66. The van der Waals surface area contributed by atoms with Crippen molar-refractivity contribution in [1.82, 2.24) is 9.97 Å². The number of rotatable bonds is 1. The summed E-state index contributed by atoms with van der Waals surface area (Å²) in [5.74, 6) is 0. The van der Waals surface area contributed by atoms with Gasteiger partial charge in [-0.2, -0.15) is 16.6 Å². The number of hydrogen-bond acceptors (Lipinski definition) is 4. The maximum Gasteiger partial charge on any atom is 0.0992 e. The number of aryl methyl sites for hydroxylation is 1. The predicted octanol–water partition coefficient (Wildman–Crippen LogP) is 7.72. The van der Waals surface area contributed by atoms with Crippen LogP contribution in [0.25, 0.3) is 53.1 Å². The van der Waals surface area contributed by atoms with Crippen molar-refractivity contribution in [2.45, 2.75) is 6.92 Å². The molecule has 0 amide bonds. The molecule has 0 aliphatic heterocycles. The van der Waals surface area contributed by atoms with Crippen LogP contribution in [0, 0.1) is 30.4 Å². The molecule has 0 aliphatic rings. The minimum absolute atomic E-state index is 0. The minimum Gasteiger partial charge on any atom is -0.305 e. The van der Waals surface area contributed by atoms with Crippen molar-refractivity contribution < 1.29 is 20.1 Å². The Balaban J connectivity index is 0.000000157. The van der Waals surface area contributed by atoms with Crippen LogP contribution in [0.4, 0.5) is 0 Å². The van der Waals surface area contributed by atoms with E-state index in [4.69, 9.17) is 0 Å². The number of fused-ring (bicyclic) bond motifs is 3. The van der Waals surface area contributed by atoms with Gasteiger partial charge in [0.1, 0.15) is 0 Å². The van der Waals surface area contributed by atoms with E-state index >= 15 is 0 Å². The fourth-order valence-electron chi connectivity index (χ4n) is 4.48. The van der Waals surface area contributed by atoms with Crippen LogP contribution in [0.3, 0.4) is 0 Å². The van der Waals surface area contributed by atoms with Gasteiger partial charge >= 0.3 is 0 Å². The van der Waals surface area contributed by atoms with Gasteiger partial charge in [0.2, 0.25) is 0 Å². The largest absolute Gasteiger partial charge is 0.305 e. The number of hydrogen-bond donors (Lipinski definition) is 0. The van der Waals surface area contributed by atoms with Crippen LogP contribution in [0.5, 0.6) is 0 Å². The molecule has 35 heavy (non-hydrogen) atoms. The molecule has 1 radical (unpaired) electrons. The molecule has 7 aromatic rings. The van der Waals surface area contributed by atoms with E-state index in [1.165, 1.54) is 21.0 Å². The van der Waals surface area contributed by atoms with Gasteiger partial charge in [-0.3, -0.25) is 0 Å². The standard InChI is InChI=1S/C18H7N2S.C12H10N.Ir/c19-9-10-7-13-11-4-2-6-20-18(11)12-3-1-5-14-16(12)17(13)15(8-10)21-14;1-10-6-2-3-7-11(10)12-8-4-5-9-13-12;/h1-2,4-8H;2-6,8-9H,1H3;/q2*-1;. The number of nitrogens with zero attached hydrogens (tertiary/aromatic N) is 3. The quantitative estimate of drug-likeness (QED) is 0.136. The number of nitriles is 1. The van der Waals surface area contributed by atoms with Crippen molar-refractivity contribution in [3.05, 3.63) is 108 Å². The van der Waals surface area contributed by atoms with E-state index < -0.39 is 0 Å². The van der Waals surface area contributed by atoms with E-state index in [-0.39, 0.29) is 20.1 Å². The number of aromatic nitrogens is 2. The maximum atomic E-state index is 9.29. The fraction of sp³-hybridized carbons (Fsp3) is 0.0333. The Hall–Kier alpha value is -3.68. The van der Waals surface area contributed by atoms with Gasteiger partial charge in [-0.1, -0.05) is 30.5 Å². The van der Waals surface area contributed by atoms with Crippen LogP contribution in [0.1, 0.15) is 11.1 Å². The molecule has 3 nitrogen and oxygen atoms in total. The molecule has 3 heterocycles. The molecule has 0 unspecified atom stereocenters. The van der Waals surface area contributed by atoms with Gasteiger partial charge in [-0.15, -0.1) is 59.0 Å². The Morgan fingerprint density at radius 2 is 1.71 bits per heavy atom. The summed E-state index contributed by atoms with van der Waals surface area (Å²) in [6, 6.07) is 32.7. The number of benzene rings is 4. The van der Waals surface area contributed by atoms with E-state index in [0.717, 1.165) is 37.6 Å². The van der Waals surface area contributed by atoms with E-state index in [1.807, 2.05) is 60.8 Å². The monoisotopic (exact) mass is 644 g/mol. The maximum absolute atomic E-state index is 9.29. The molecule has 7 rings (SSSR count). The molecule has 0 fully saturated rings. The van der Waals surface area contributed by atoms with E-state index in [1.54, 1.807) is 17.5 Å². The van der Waals surface area contributed by atoms with Crippen LogP contribution in [0.15, 0.2) is 85.2 Å². The summed E-state index contributed by atoms with van der Waals surface area (Å²) in [5, 5.41) is 15.0. The summed E-state index contributed by atoms with van der Waals surface area (Å²) < 4.78 is 2.39. The smallest absolute Gasteiger partial charge is 0.0992 e. The molecule has 3 aromatic heterocycles. The molecule has 4 aromatic carbocycles. The topological polar surface area (TPSA) is 49.6 Å². The Morgan fingerprint density at radius 3 is 2.51 bits per heavy atom. The van der Waals surface area contributed by atoms with Gasteiger partial charge in [0, 0.05) is 37.2 Å². The van der Waals surface area contributed by atoms with E-state index in [0.29, 0.717) is 5.56 Å². The van der Waals surface area contributed by atoms with Crippen LogP contribution in [-0.4, -0.2) is 9.97 Å². The molecule has 169 valence electrons. The average Bonchev–Trinajstić information content (AvgIpc) is 3.28. The van der Waals surface area contributed by atoms with Crippen LogP contribution >= 0.6 is 11.3 Å². The van der Waals surface area contributed by atoms with Gasteiger partial charge in [0.25, 0.3) is 0 Å². The summed E-state index contributed by atoms with van der Waals surface area (Å²) in [4.78, 5) is 8.83. The number of thiophene rings is 1. The first-order valence-corrected chi connectivity index (χ1v) is 11.7. The third-order valence-corrected chi connectivity index (χ3v) is 7.08. The summed E-state index contributed by atoms with van der Waals surface area (Å²) in [6.45, 7) is 2.07. The van der Waals surface area contributed by atoms with Gasteiger partial charge in [0.05, 0.1) is 11.6 Å². The van der Waals surface area contributed by atoms with Gasteiger partial charge in [-0.05, 0) is 56.3 Å². The zero-order valence-electron chi connectivity index (χ0n) is 18.7. The Morgan fingerprint density at radius 1 is 0.829 bits per heavy atom. The zero-order chi connectivity index (χ0) is 23.1. The third kappa shape index (κ3) is 3.96. The summed E-state index contributed by atoms with van der Waals surface area (Å²) >= 11 is 1.73. The normalized spacial score (nSPS) is 10.7. The zero-order valence-corrected chi connectivity index (χ0v) is 21.9. The van der Waals surface area contributed by atoms with Crippen molar-refractivity contribution in [2.75, 3.05) is 0 Å².